The average molecular weight is 438 g/mol. The van der Waals surface area contributed by atoms with E-state index in [9.17, 15) is 8.78 Å². The third-order valence-electron chi connectivity index (χ3n) is 5.73. The van der Waals surface area contributed by atoms with E-state index in [0.717, 1.165) is 49.6 Å². The molecule has 2 aromatic heterocycles. The third kappa shape index (κ3) is 4.47. The van der Waals surface area contributed by atoms with Gasteiger partial charge in [0.25, 0.3) is 0 Å². The molecule has 2 fully saturated rings. The molecule has 1 unspecified atom stereocenters. The molecule has 166 valence electrons. The van der Waals surface area contributed by atoms with Gasteiger partial charge in [0.2, 0.25) is 5.95 Å². The van der Waals surface area contributed by atoms with E-state index in [2.05, 4.69) is 25.2 Å². The van der Waals surface area contributed by atoms with Crippen LogP contribution in [0.1, 0.15) is 6.42 Å². The molecule has 2 aliphatic rings. The first kappa shape index (κ1) is 20.6. The van der Waals surface area contributed by atoms with Gasteiger partial charge in [-0.25, -0.2) is 18.7 Å². The van der Waals surface area contributed by atoms with E-state index in [1.165, 1.54) is 0 Å². The van der Waals surface area contributed by atoms with E-state index in [1.54, 1.807) is 12.3 Å². The molecule has 32 heavy (non-hydrogen) atoms. The van der Waals surface area contributed by atoms with Gasteiger partial charge in [0.1, 0.15) is 11.9 Å². The number of benzene rings is 1. The molecule has 5 rings (SSSR count). The number of ether oxygens (including phenoxy) is 1. The second kappa shape index (κ2) is 9.04. The number of anilines is 4. The van der Waals surface area contributed by atoms with E-state index >= 15 is 0 Å². The molecule has 0 spiro atoms. The van der Waals surface area contributed by atoms with Crippen LogP contribution in [0, 0.1) is 5.82 Å². The van der Waals surface area contributed by atoms with Crippen molar-refractivity contribution in [3.05, 3.63) is 54.6 Å². The van der Waals surface area contributed by atoms with Crippen molar-refractivity contribution in [2.24, 2.45) is 0 Å². The Balaban J connectivity index is 1.30. The average Bonchev–Trinajstić information content (AvgIpc) is 3.28. The maximum atomic E-state index is 14.4. The maximum absolute atomic E-state index is 14.4. The summed E-state index contributed by atoms with van der Waals surface area (Å²) in [7, 11) is 0. The molecule has 1 N–H and O–H groups in total. The topological polar surface area (TPSA) is 66.4 Å². The fourth-order valence-electron chi connectivity index (χ4n) is 3.98. The largest absolute Gasteiger partial charge is 0.378 e. The number of hydrogen-bond acceptors (Lipinski definition) is 7. The summed E-state index contributed by atoms with van der Waals surface area (Å²) in [5, 5.41) is 3.12. The predicted octanol–water partition coefficient (Wildman–Crippen LogP) is 3.81. The zero-order valence-corrected chi connectivity index (χ0v) is 17.5. The second-order valence-corrected chi connectivity index (χ2v) is 7.90. The van der Waals surface area contributed by atoms with E-state index in [0.29, 0.717) is 25.2 Å². The van der Waals surface area contributed by atoms with Gasteiger partial charge < -0.3 is 19.9 Å². The van der Waals surface area contributed by atoms with E-state index < -0.39 is 12.0 Å². The minimum absolute atomic E-state index is 0.115. The van der Waals surface area contributed by atoms with Gasteiger partial charge in [0.05, 0.1) is 37.0 Å². The summed E-state index contributed by atoms with van der Waals surface area (Å²) in [6, 6.07) is 11.5. The van der Waals surface area contributed by atoms with Crippen LogP contribution >= 0.6 is 0 Å². The summed E-state index contributed by atoms with van der Waals surface area (Å²) in [4.78, 5) is 16.9. The van der Waals surface area contributed by atoms with Gasteiger partial charge in [-0.05, 0) is 42.8 Å². The number of pyridine rings is 1. The van der Waals surface area contributed by atoms with Gasteiger partial charge in [-0.2, -0.15) is 0 Å². The molecular formula is C23H24F2N6O. The monoisotopic (exact) mass is 438 g/mol. The van der Waals surface area contributed by atoms with Crippen LogP contribution in [0.4, 0.5) is 31.8 Å². The number of alkyl halides is 1. The highest BCUT2D eigenvalue weighted by Crippen LogP contribution is 2.26. The Hall–Kier alpha value is -3.33. The van der Waals surface area contributed by atoms with Crippen LogP contribution in [0.3, 0.4) is 0 Å². The van der Waals surface area contributed by atoms with Crippen LogP contribution in [-0.4, -0.2) is 60.5 Å². The number of nitrogens with zero attached hydrogens (tertiary/aromatic N) is 5. The molecule has 0 radical (unpaired) electrons. The quantitative estimate of drug-likeness (QED) is 0.650. The molecule has 1 atom stereocenters. The lowest BCUT2D eigenvalue weighted by molar-refractivity contribution is 0.122. The number of morpholine rings is 1. The standard InChI is InChI=1S/C23H24F2N6O/c24-16-7-8-31(15-16)19-5-6-21(26-13-19)22-20(25)14-27-23(29-22)28-17-1-3-18(4-2-17)30-9-11-32-12-10-30/h1-6,13-14,16H,7-12,15H2,(H,27,28,29). The lowest BCUT2D eigenvalue weighted by atomic mass is 10.2. The highest BCUT2D eigenvalue weighted by Gasteiger charge is 2.22. The van der Waals surface area contributed by atoms with Crippen LogP contribution in [0.2, 0.25) is 0 Å². The van der Waals surface area contributed by atoms with Crippen molar-refractivity contribution in [1.29, 1.82) is 0 Å². The number of aromatic nitrogens is 3. The SMILES string of the molecule is Fc1cnc(Nc2ccc(N3CCOCC3)cc2)nc1-c1ccc(N2CCC(F)C2)cn1. The number of rotatable bonds is 5. The predicted molar refractivity (Wildman–Crippen MR) is 120 cm³/mol. The summed E-state index contributed by atoms with van der Waals surface area (Å²) in [6.07, 6.45) is 2.47. The third-order valence-corrected chi connectivity index (χ3v) is 5.73. The molecule has 3 aromatic rings. The highest BCUT2D eigenvalue weighted by molar-refractivity contribution is 5.63. The van der Waals surface area contributed by atoms with Crippen molar-refractivity contribution in [3.8, 4) is 11.4 Å². The van der Waals surface area contributed by atoms with Gasteiger partial charge in [-0.1, -0.05) is 0 Å². The van der Waals surface area contributed by atoms with Crippen molar-refractivity contribution in [2.75, 3.05) is 54.5 Å². The summed E-state index contributed by atoms with van der Waals surface area (Å²) >= 11 is 0. The maximum Gasteiger partial charge on any atom is 0.227 e. The molecule has 4 heterocycles. The molecule has 0 amide bonds. The Morgan fingerprint density at radius 2 is 1.69 bits per heavy atom. The second-order valence-electron chi connectivity index (χ2n) is 7.90. The van der Waals surface area contributed by atoms with Gasteiger partial charge >= 0.3 is 0 Å². The Labute approximate surface area is 185 Å². The number of nitrogens with one attached hydrogen (secondary N) is 1. The summed E-state index contributed by atoms with van der Waals surface area (Å²) < 4.78 is 33.3. The van der Waals surface area contributed by atoms with E-state index in [1.807, 2.05) is 35.2 Å². The first-order valence-electron chi connectivity index (χ1n) is 10.7. The van der Waals surface area contributed by atoms with Crippen LogP contribution in [0.25, 0.3) is 11.4 Å². The minimum Gasteiger partial charge on any atom is -0.378 e. The summed E-state index contributed by atoms with van der Waals surface area (Å²) in [5.41, 5.74) is 3.26. The Morgan fingerprint density at radius 3 is 2.38 bits per heavy atom. The molecule has 2 aliphatic heterocycles. The number of hydrogen-bond donors (Lipinski definition) is 1. The van der Waals surface area contributed by atoms with Gasteiger partial charge in [0.15, 0.2) is 5.82 Å². The molecule has 0 aliphatic carbocycles. The first-order chi connectivity index (χ1) is 15.7. The minimum atomic E-state index is -0.814. The van der Waals surface area contributed by atoms with Crippen LogP contribution in [0.15, 0.2) is 48.8 Å². The Kier molecular flexibility index (Phi) is 5.81. The van der Waals surface area contributed by atoms with E-state index in [4.69, 9.17) is 4.74 Å². The van der Waals surface area contributed by atoms with Crippen LogP contribution < -0.4 is 15.1 Å². The zero-order chi connectivity index (χ0) is 21.9. The normalized spacial score (nSPS) is 18.8. The number of halogens is 2. The molecular weight excluding hydrogens is 414 g/mol. The molecule has 7 nitrogen and oxygen atoms in total. The molecule has 0 saturated carbocycles. The summed E-state index contributed by atoms with van der Waals surface area (Å²) in [6.45, 7) is 4.22. The van der Waals surface area contributed by atoms with Crippen molar-refractivity contribution in [2.45, 2.75) is 12.6 Å². The first-order valence-corrected chi connectivity index (χ1v) is 10.7. The molecule has 9 heteroatoms. The summed E-state index contributed by atoms with van der Waals surface area (Å²) in [5.74, 6) is -0.269. The fourth-order valence-corrected chi connectivity index (χ4v) is 3.98. The highest BCUT2D eigenvalue weighted by atomic mass is 19.1. The fraction of sp³-hybridized carbons (Fsp3) is 0.348. The van der Waals surface area contributed by atoms with Crippen LogP contribution in [0.5, 0.6) is 0 Å². The van der Waals surface area contributed by atoms with Gasteiger partial charge in [-0.3, -0.25) is 4.98 Å². The smallest absolute Gasteiger partial charge is 0.227 e. The van der Waals surface area contributed by atoms with E-state index in [-0.39, 0.29) is 11.6 Å². The Morgan fingerprint density at radius 1 is 0.906 bits per heavy atom. The lowest BCUT2D eigenvalue weighted by Crippen LogP contribution is -2.36. The van der Waals surface area contributed by atoms with Gasteiger partial charge in [-0.15, -0.1) is 0 Å². The van der Waals surface area contributed by atoms with Crippen molar-refractivity contribution < 1.29 is 13.5 Å². The Bertz CT molecular complexity index is 1060. The molecule has 1 aromatic carbocycles. The van der Waals surface area contributed by atoms with Crippen molar-refractivity contribution in [3.63, 3.8) is 0 Å². The molecule has 0 bridgehead atoms. The van der Waals surface area contributed by atoms with Crippen molar-refractivity contribution in [1.82, 2.24) is 15.0 Å². The van der Waals surface area contributed by atoms with Gasteiger partial charge in [0, 0.05) is 37.6 Å². The van der Waals surface area contributed by atoms with Crippen LogP contribution in [-0.2, 0) is 4.74 Å². The zero-order valence-electron chi connectivity index (χ0n) is 17.5. The lowest BCUT2D eigenvalue weighted by Gasteiger charge is -2.28. The molecule has 2 saturated heterocycles. The van der Waals surface area contributed by atoms with Crippen molar-refractivity contribution >= 4 is 23.0 Å².